The highest BCUT2D eigenvalue weighted by Crippen LogP contribution is 2.07. The second-order valence-corrected chi connectivity index (χ2v) is 4.21. The molecule has 0 saturated carbocycles. The van der Waals surface area contributed by atoms with E-state index in [0.29, 0.717) is 11.0 Å². The van der Waals surface area contributed by atoms with E-state index in [-0.39, 0.29) is 0 Å². The Labute approximate surface area is 105 Å². The number of aromatic amines is 1. The van der Waals surface area contributed by atoms with Crippen molar-refractivity contribution in [3.63, 3.8) is 0 Å². The lowest BCUT2D eigenvalue weighted by molar-refractivity contribution is 0.848. The van der Waals surface area contributed by atoms with Gasteiger partial charge in [0.2, 0.25) is 5.95 Å². The Morgan fingerprint density at radius 2 is 2.06 bits per heavy atom. The summed E-state index contributed by atoms with van der Waals surface area (Å²) in [6.45, 7) is 2.85. The third-order valence-corrected chi connectivity index (χ3v) is 2.66. The van der Waals surface area contributed by atoms with Crippen molar-refractivity contribution in [2.24, 2.45) is 0 Å². The van der Waals surface area contributed by atoms with Crippen LogP contribution in [0, 0.1) is 6.92 Å². The van der Waals surface area contributed by atoms with Crippen LogP contribution in [0.25, 0.3) is 0 Å². The zero-order valence-corrected chi connectivity index (χ0v) is 10.3. The van der Waals surface area contributed by atoms with E-state index in [2.05, 4.69) is 25.5 Å². The van der Waals surface area contributed by atoms with Crippen LogP contribution in [0.4, 0.5) is 5.95 Å². The van der Waals surface area contributed by atoms with Crippen LogP contribution in [0.5, 0.6) is 0 Å². The maximum Gasteiger partial charge on any atom is 0.222 e. The minimum Gasteiger partial charge on any atom is -0.354 e. The topological polar surface area (TPSA) is 66.5 Å². The van der Waals surface area contributed by atoms with Gasteiger partial charge in [-0.15, -0.1) is 0 Å². The molecule has 0 aliphatic rings. The third-order valence-electron chi connectivity index (χ3n) is 2.46. The van der Waals surface area contributed by atoms with Crippen LogP contribution in [0.3, 0.4) is 0 Å². The molecule has 2 aromatic heterocycles. The summed E-state index contributed by atoms with van der Waals surface area (Å²) >= 11 is 5.69. The monoisotopic (exact) mass is 251 g/mol. The molecule has 0 atom stereocenters. The van der Waals surface area contributed by atoms with Crippen LogP contribution < -0.4 is 5.32 Å². The van der Waals surface area contributed by atoms with Gasteiger partial charge in [-0.1, -0.05) is 11.6 Å². The fourth-order valence-electron chi connectivity index (χ4n) is 1.51. The molecule has 0 aliphatic heterocycles. The van der Waals surface area contributed by atoms with E-state index in [1.807, 2.05) is 13.1 Å². The summed E-state index contributed by atoms with van der Waals surface area (Å²) in [7, 11) is 0. The van der Waals surface area contributed by atoms with Gasteiger partial charge >= 0.3 is 0 Å². The third kappa shape index (κ3) is 3.42. The number of hydrogen-bond acceptors (Lipinski definition) is 4. The molecule has 0 aromatic carbocycles. The molecule has 5 nitrogen and oxygen atoms in total. The summed E-state index contributed by atoms with van der Waals surface area (Å²) in [5.41, 5.74) is 2.39. The maximum atomic E-state index is 5.69. The van der Waals surface area contributed by atoms with Gasteiger partial charge in [-0.2, -0.15) is 5.10 Å². The zero-order chi connectivity index (χ0) is 12.1. The molecule has 2 N–H and O–H groups in total. The van der Waals surface area contributed by atoms with Crippen LogP contribution in [-0.4, -0.2) is 26.7 Å². The molecule has 0 fully saturated rings. The van der Waals surface area contributed by atoms with Crippen LogP contribution in [-0.2, 0) is 6.42 Å². The van der Waals surface area contributed by atoms with Gasteiger partial charge in [0.15, 0.2) is 0 Å². The van der Waals surface area contributed by atoms with E-state index in [4.69, 9.17) is 11.6 Å². The van der Waals surface area contributed by atoms with Crippen LogP contribution in [0.2, 0.25) is 5.02 Å². The van der Waals surface area contributed by atoms with E-state index < -0.39 is 0 Å². The first-order valence-corrected chi connectivity index (χ1v) is 5.84. The van der Waals surface area contributed by atoms with Crippen LogP contribution >= 0.6 is 11.6 Å². The Hall–Kier alpha value is -1.62. The highest BCUT2D eigenvalue weighted by molar-refractivity contribution is 6.30. The summed E-state index contributed by atoms with van der Waals surface area (Å²) in [6.07, 6.45) is 7.03. The fourth-order valence-corrected chi connectivity index (χ4v) is 1.61. The normalized spacial score (nSPS) is 10.5. The number of aryl methyl sites for hydroxylation is 2. The number of H-pyrrole nitrogens is 1. The lowest BCUT2D eigenvalue weighted by atomic mass is 10.1. The molecule has 2 rings (SSSR count). The Bertz CT molecular complexity index is 465. The van der Waals surface area contributed by atoms with Gasteiger partial charge in [0.1, 0.15) is 0 Å². The fraction of sp³-hybridized carbons (Fsp3) is 0.364. The summed E-state index contributed by atoms with van der Waals surface area (Å²) in [5, 5.41) is 10.6. The highest BCUT2D eigenvalue weighted by atomic mass is 35.5. The molecule has 6 heteroatoms. The first kappa shape index (κ1) is 11.9. The summed E-state index contributed by atoms with van der Waals surface area (Å²) < 4.78 is 0. The molecule has 2 heterocycles. The van der Waals surface area contributed by atoms with Crippen molar-refractivity contribution >= 4 is 17.5 Å². The molecule has 2 aromatic rings. The van der Waals surface area contributed by atoms with Gasteiger partial charge in [0.05, 0.1) is 23.6 Å². The van der Waals surface area contributed by atoms with E-state index in [1.54, 1.807) is 12.4 Å². The standard InChI is InChI=1S/C11H14ClN5/c1-8-9(5-16-17-8)3-2-4-13-11-14-6-10(12)7-15-11/h5-7H,2-4H2,1H3,(H,16,17)(H,13,14,15). The smallest absolute Gasteiger partial charge is 0.222 e. The molecule has 0 spiro atoms. The minimum absolute atomic E-state index is 0.546. The number of rotatable bonds is 5. The van der Waals surface area contributed by atoms with Gasteiger partial charge < -0.3 is 5.32 Å². The molecular weight excluding hydrogens is 238 g/mol. The van der Waals surface area contributed by atoms with Crippen molar-refractivity contribution in [1.82, 2.24) is 20.2 Å². The quantitative estimate of drug-likeness (QED) is 0.800. The summed E-state index contributed by atoms with van der Waals surface area (Å²) in [5.74, 6) is 0.610. The number of nitrogens with one attached hydrogen (secondary N) is 2. The number of aromatic nitrogens is 4. The number of halogens is 1. The highest BCUT2D eigenvalue weighted by Gasteiger charge is 2.00. The molecule has 0 aliphatic carbocycles. The second-order valence-electron chi connectivity index (χ2n) is 3.78. The van der Waals surface area contributed by atoms with E-state index >= 15 is 0 Å². The van der Waals surface area contributed by atoms with Gasteiger partial charge in [-0.05, 0) is 25.3 Å². The van der Waals surface area contributed by atoms with Crippen molar-refractivity contribution < 1.29 is 0 Å². The van der Waals surface area contributed by atoms with Gasteiger partial charge in [-0.3, -0.25) is 5.10 Å². The van der Waals surface area contributed by atoms with E-state index in [1.165, 1.54) is 5.56 Å². The molecule has 0 unspecified atom stereocenters. The average molecular weight is 252 g/mol. The first-order valence-electron chi connectivity index (χ1n) is 5.46. The minimum atomic E-state index is 0.546. The predicted octanol–water partition coefficient (Wildman–Crippen LogP) is 2.21. The zero-order valence-electron chi connectivity index (χ0n) is 9.57. The lowest BCUT2D eigenvalue weighted by Crippen LogP contribution is -2.06. The Morgan fingerprint density at radius 3 is 2.71 bits per heavy atom. The van der Waals surface area contributed by atoms with Crippen LogP contribution in [0.15, 0.2) is 18.6 Å². The number of nitrogens with zero attached hydrogens (tertiary/aromatic N) is 3. The molecule has 0 amide bonds. The number of hydrogen-bond donors (Lipinski definition) is 2. The van der Waals surface area contributed by atoms with Crippen molar-refractivity contribution in [1.29, 1.82) is 0 Å². The average Bonchev–Trinajstić information content (AvgIpc) is 2.73. The second kappa shape index (κ2) is 5.63. The van der Waals surface area contributed by atoms with Gasteiger partial charge in [0, 0.05) is 12.2 Å². The molecule has 0 radical (unpaired) electrons. The summed E-state index contributed by atoms with van der Waals surface area (Å²) in [6, 6.07) is 0. The number of anilines is 1. The summed E-state index contributed by atoms with van der Waals surface area (Å²) in [4.78, 5) is 8.12. The predicted molar refractivity (Wildman–Crippen MR) is 67.2 cm³/mol. The van der Waals surface area contributed by atoms with Gasteiger partial charge in [0.25, 0.3) is 0 Å². The molecule has 17 heavy (non-hydrogen) atoms. The first-order chi connectivity index (χ1) is 8.25. The largest absolute Gasteiger partial charge is 0.354 e. The Kier molecular flexibility index (Phi) is 3.93. The lowest BCUT2D eigenvalue weighted by Gasteiger charge is -2.03. The Morgan fingerprint density at radius 1 is 1.29 bits per heavy atom. The van der Waals surface area contributed by atoms with Crippen molar-refractivity contribution in [2.45, 2.75) is 19.8 Å². The Balaban J connectivity index is 1.73. The van der Waals surface area contributed by atoms with Crippen molar-refractivity contribution in [3.05, 3.63) is 34.9 Å². The molecular formula is C11H14ClN5. The maximum absolute atomic E-state index is 5.69. The molecule has 0 bridgehead atoms. The van der Waals surface area contributed by atoms with Crippen molar-refractivity contribution in [2.75, 3.05) is 11.9 Å². The SMILES string of the molecule is Cc1[nH]ncc1CCCNc1ncc(Cl)cn1. The van der Waals surface area contributed by atoms with E-state index in [9.17, 15) is 0 Å². The molecule has 90 valence electrons. The van der Waals surface area contributed by atoms with E-state index in [0.717, 1.165) is 25.1 Å². The van der Waals surface area contributed by atoms with Gasteiger partial charge in [-0.25, -0.2) is 9.97 Å². The van der Waals surface area contributed by atoms with Crippen LogP contribution in [0.1, 0.15) is 17.7 Å². The molecule has 0 saturated heterocycles. The van der Waals surface area contributed by atoms with Crippen molar-refractivity contribution in [3.8, 4) is 0 Å².